The minimum Gasteiger partial charge on any atom is -0.481 e. The molecule has 0 bridgehead atoms. The van der Waals surface area contributed by atoms with Crippen LogP contribution in [0.3, 0.4) is 0 Å². The number of rotatable bonds is 11. The molecule has 10 heteroatoms. The monoisotopic (exact) mass is 515 g/mol. The van der Waals surface area contributed by atoms with Crippen molar-refractivity contribution in [1.29, 1.82) is 0 Å². The van der Waals surface area contributed by atoms with Crippen molar-refractivity contribution in [3.8, 4) is 11.5 Å². The zero-order valence-electron chi connectivity index (χ0n) is 19.9. The smallest absolute Gasteiger partial charge is 0.303 e. The van der Waals surface area contributed by atoms with E-state index in [9.17, 15) is 19.1 Å². The summed E-state index contributed by atoms with van der Waals surface area (Å²) < 4.78 is 24.7. The highest BCUT2D eigenvalue weighted by Crippen LogP contribution is 2.50. The van der Waals surface area contributed by atoms with Crippen molar-refractivity contribution < 1.29 is 28.1 Å². The Morgan fingerprint density at radius 2 is 2.03 bits per heavy atom. The van der Waals surface area contributed by atoms with E-state index in [0.29, 0.717) is 17.1 Å². The fraction of sp³-hybridized carbons (Fsp3) is 0.462. The first kappa shape index (κ1) is 24.5. The quantitative estimate of drug-likeness (QED) is 0.306. The minimum absolute atomic E-state index is 0.0326. The molecule has 1 aromatic carbocycles. The van der Waals surface area contributed by atoms with Gasteiger partial charge in [0, 0.05) is 36.8 Å². The molecule has 2 heterocycles. The molecule has 0 saturated heterocycles. The van der Waals surface area contributed by atoms with E-state index in [0.717, 1.165) is 36.7 Å². The Kier molecular flexibility index (Phi) is 6.59. The van der Waals surface area contributed by atoms with Crippen LogP contribution >= 0.6 is 11.6 Å². The summed E-state index contributed by atoms with van der Waals surface area (Å²) in [5.74, 6) is -0.827. The molecule has 0 aliphatic heterocycles. The Morgan fingerprint density at radius 3 is 2.69 bits per heavy atom. The number of carboxylic acids is 1. The summed E-state index contributed by atoms with van der Waals surface area (Å²) in [5, 5.41) is 20.6. The van der Waals surface area contributed by atoms with E-state index in [2.05, 4.69) is 22.6 Å². The Hall–Kier alpha value is -3.20. The molecule has 5 rings (SSSR count). The molecule has 2 aliphatic rings. The van der Waals surface area contributed by atoms with Crippen molar-refractivity contribution in [3.63, 3.8) is 0 Å². The molecule has 2 fully saturated rings. The number of anilines is 1. The first-order valence-electron chi connectivity index (χ1n) is 12.1. The fourth-order valence-electron chi connectivity index (χ4n) is 4.52. The summed E-state index contributed by atoms with van der Waals surface area (Å²) in [5.41, 5.74) is 2.56. The van der Waals surface area contributed by atoms with Gasteiger partial charge >= 0.3 is 5.97 Å². The van der Waals surface area contributed by atoms with Crippen LogP contribution in [0.15, 0.2) is 33.3 Å². The second kappa shape index (κ2) is 9.69. The first-order valence-corrected chi connectivity index (χ1v) is 12.5. The van der Waals surface area contributed by atoms with E-state index in [1.54, 1.807) is 0 Å². The standard InChI is InChI=1S/C26H27ClFN3O5/c1-26(8-9-26)13-17-12-20(30-35-17)25-23(14-2-3-14)24(31-36-25)15(4-7-22(33)34)10-21(32)29-19-6-5-16(28)11-18(19)27/h5-6,11-12,14-15H,2-4,7-10,13H2,1H3,(H,29,32)(H,33,34)/t15-/m0/s1. The van der Waals surface area contributed by atoms with Gasteiger partial charge in [0.25, 0.3) is 0 Å². The highest BCUT2D eigenvalue weighted by atomic mass is 35.5. The molecule has 1 atom stereocenters. The van der Waals surface area contributed by atoms with E-state index in [-0.39, 0.29) is 47.2 Å². The third-order valence-corrected chi connectivity index (χ3v) is 7.28. The lowest BCUT2D eigenvalue weighted by Gasteiger charge is -2.16. The number of benzene rings is 1. The molecule has 2 aromatic heterocycles. The van der Waals surface area contributed by atoms with Gasteiger partial charge in [-0.1, -0.05) is 28.8 Å². The van der Waals surface area contributed by atoms with Gasteiger partial charge < -0.3 is 19.5 Å². The molecule has 2 aliphatic carbocycles. The predicted molar refractivity (Wildman–Crippen MR) is 129 cm³/mol. The average molecular weight is 516 g/mol. The highest BCUT2D eigenvalue weighted by Gasteiger charge is 2.40. The van der Waals surface area contributed by atoms with Crippen LogP contribution in [0.5, 0.6) is 0 Å². The number of hydrogen-bond donors (Lipinski definition) is 2. The number of halogens is 2. The maximum atomic E-state index is 13.4. The second-order valence-electron chi connectivity index (χ2n) is 10.3. The Labute approximate surface area is 212 Å². The number of hydrogen-bond acceptors (Lipinski definition) is 6. The van der Waals surface area contributed by atoms with Crippen LogP contribution in [0.1, 0.15) is 80.7 Å². The molecule has 3 aromatic rings. The van der Waals surface area contributed by atoms with Crippen LogP contribution in [0, 0.1) is 11.2 Å². The van der Waals surface area contributed by atoms with Crippen LogP contribution in [0.4, 0.5) is 10.1 Å². The van der Waals surface area contributed by atoms with Crippen LogP contribution in [0.2, 0.25) is 5.02 Å². The Morgan fingerprint density at radius 1 is 1.25 bits per heavy atom. The number of nitrogens with zero attached hydrogens (tertiary/aromatic N) is 2. The molecular weight excluding hydrogens is 489 g/mol. The summed E-state index contributed by atoms with van der Waals surface area (Å²) in [7, 11) is 0. The highest BCUT2D eigenvalue weighted by molar-refractivity contribution is 6.33. The summed E-state index contributed by atoms with van der Waals surface area (Å²) in [6.07, 6.45) is 5.09. The SMILES string of the molecule is CC1(Cc2cc(-c3onc([C@@H](CCC(=O)O)CC(=O)Nc4ccc(F)cc4Cl)c3C3CC3)no2)CC1. The predicted octanol–water partition coefficient (Wildman–Crippen LogP) is 6.32. The maximum Gasteiger partial charge on any atom is 0.303 e. The summed E-state index contributed by atoms with van der Waals surface area (Å²) in [6.45, 7) is 2.22. The topological polar surface area (TPSA) is 118 Å². The van der Waals surface area contributed by atoms with Crippen LogP contribution in [-0.2, 0) is 16.0 Å². The normalized spacial score (nSPS) is 17.1. The van der Waals surface area contributed by atoms with Gasteiger partial charge in [-0.05, 0) is 61.6 Å². The minimum atomic E-state index is -0.964. The number of carbonyl (C=O) groups excluding carboxylic acids is 1. The van der Waals surface area contributed by atoms with Gasteiger partial charge in [0.1, 0.15) is 11.6 Å². The van der Waals surface area contributed by atoms with E-state index in [4.69, 9.17) is 20.6 Å². The lowest BCUT2D eigenvalue weighted by atomic mass is 9.90. The van der Waals surface area contributed by atoms with Crippen molar-refractivity contribution in [2.45, 2.75) is 70.1 Å². The molecule has 36 heavy (non-hydrogen) atoms. The average Bonchev–Trinajstić information content (AvgIpc) is 3.70. The number of carboxylic acid groups (broad SMARTS) is 1. The van der Waals surface area contributed by atoms with Gasteiger partial charge in [0.15, 0.2) is 11.5 Å². The van der Waals surface area contributed by atoms with Crippen molar-refractivity contribution in [1.82, 2.24) is 10.3 Å². The van der Waals surface area contributed by atoms with Gasteiger partial charge in [0.2, 0.25) is 5.91 Å². The number of aromatic nitrogens is 2. The molecule has 2 N–H and O–H groups in total. The molecule has 2 saturated carbocycles. The molecule has 0 unspecified atom stereocenters. The number of carbonyl (C=O) groups is 2. The third kappa shape index (κ3) is 5.61. The lowest BCUT2D eigenvalue weighted by molar-refractivity contribution is -0.137. The molecule has 1 amide bonds. The van der Waals surface area contributed by atoms with Gasteiger partial charge in [-0.3, -0.25) is 9.59 Å². The zero-order valence-corrected chi connectivity index (χ0v) is 20.6. The van der Waals surface area contributed by atoms with Gasteiger partial charge in [0.05, 0.1) is 16.4 Å². The first-order chi connectivity index (χ1) is 17.2. The molecule has 0 radical (unpaired) electrons. The van der Waals surface area contributed by atoms with Crippen molar-refractivity contribution in [3.05, 3.63) is 52.1 Å². The summed E-state index contributed by atoms with van der Waals surface area (Å²) in [6, 6.07) is 5.59. The Balaban J connectivity index is 1.40. The molecule has 0 spiro atoms. The van der Waals surface area contributed by atoms with Crippen LogP contribution in [0.25, 0.3) is 11.5 Å². The van der Waals surface area contributed by atoms with Crippen molar-refractivity contribution >= 4 is 29.2 Å². The van der Waals surface area contributed by atoms with Crippen LogP contribution < -0.4 is 5.32 Å². The maximum absolute atomic E-state index is 13.4. The lowest BCUT2D eigenvalue weighted by Crippen LogP contribution is -2.18. The van der Waals surface area contributed by atoms with Gasteiger partial charge in [-0.2, -0.15) is 0 Å². The van der Waals surface area contributed by atoms with Crippen LogP contribution in [-0.4, -0.2) is 27.3 Å². The molecular formula is C26H27ClFN3O5. The molecule has 8 nitrogen and oxygen atoms in total. The zero-order chi connectivity index (χ0) is 25.4. The van der Waals surface area contributed by atoms with E-state index < -0.39 is 17.7 Å². The number of aliphatic carboxylic acids is 1. The van der Waals surface area contributed by atoms with E-state index in [1.807, 2.05) is 6.07 Å². The summed E-state index contributed by atoms with van der Waals surface area (Å²) >= 11 is 6.05. The molecule has 190 valence electrons. The fourth-order valence-corrected chi connectivity index (χ4v) is 4.73. The van der Waals surface area contributed by atoms with Gasteiger partial charge in [-0.15, -0.1) is 0 Å². The van der Waals surface area contributed by atoms with Gasteiger partial charge in [-0.25, -0.2) is 4.39 Å². The van der Waals surface area contributed by atoms with Crippen molar-refractivity contribution in [2.75, 3.05) is 5.32 Å². The third-order valence-electron chi connectivity index (χ3n) is 6.97. The van der Waals surface area contributed by atoms with E-state index >= 15 is 0 Å². The second-order valence-corrected chi connectivity index (χ2v) is 10.7. The number of nitrogens with one attached hydrogen (secondary N) is 1. The Bertz CT molecular complexity index is 1290. The van der Waals surface area contributed by atoms with E-state index in [1.165, 1.54) is 25.0 Å². The largest absolute Gasteiger partial charge is 0.481 e. The number of amides is 1. The summed E-state index contributed by atoms with van der Waals surface area (Å²) in [4.78, 5) is 24.2. The van der Waals surface area contributed by atoms with Crippen molar-refractivity contribution in [2.24, 2.45) is 5.41 Å².